The van der Waals surface area contributed by atoms with E-state index in [2.05, 4.69) is 31.9 Å². The minimum atomic E-state index is -1.90. The van der Waals surface area contributed by atoms with Crippen molar-refractivity contribution in [3.63, 3.8) is 0 Å². The molecule has 1 N–H and O–H groups in total. The zero-order chi connectivity index (χ0) is 8.43. The molecule has 1 rings (SSSR count). The smallest absolute Gasteiger partial charge is 0.186 e. The van der Waals surface area contributed by atoms with Gasteiger partial charge in [0.15, 0.2) is 11.1 Å². The van der Waals surface area contributed by atoms with E-state index < -0.39 is 11.1 Å². The Balaban J connectivity index is 3.15. The van der Waals surface area contributed by atoms with Crippen molar-refractivity contribution in [1.82, 2.24) is 0 Å². The maximum atomic E-state index is 10.5. The van der Waals surface area contributed by atoms with Gasteiger partial charge < -0.3 is 4.55 Å². The van der Waals surface area contributed by atoms with E-state index in [0.717, 1.165) is 8.95 Å². The molecule has 0 aliphatic heterocycles. The maximum absolute atomic E-state index is 10.5. The summed E-state index contributed by atoms with van der Waals surface area (Å²) < 4.78 is 20.9. The lowest BCUT2D eigenvalue weighted by Crippen LogP contribution is -1.87. The van der Waals surface area contributed by atoms with Crippen LogP contribution >= 0.6 is 31.9 Å². The summed E-state index contributed by atoms with van der Waals surface area (Å²) in [4.78, 5) is 0.389. The van der Waals surface area contributed by atoms with Crippen LogP contribution in [-0.4, -0.2) is 8.76 Å². The third-order valence-corrected chi connectivity index (χ3v) is 3.63. The minimum Gasteiger partial charge on any atom is -0.302 e. The zero-order valence-corrected chi connectivity index (χ0v) is 9.24. The van der Waals surface area contributed by atoms with Crippen LogP contribution in [0.2, 0.25) is 0 Å². The molecule has 0 radical (unpaired) electrons. The number of hydrogen-bond acceptors (Lipinski definition) is 1. The Morgan fingerprint density at radius 2 is 1.91 bits per heavy atom. The second kappa shape index (κ2) is 3.80. The van der Waals surface area contributed by atoms with Gasteiger partial charge in [-0.25, -0.2) is 4.21 Å². The second-order valence-electron chi connectivity index (χ2n) is 1.83. The topological polar surface area (TPSA) is 37.3 Å². The molecule has 0 fully saturated rings. The maximum Gasteiger partial charge on any atom is 0.186 e. The third kappa shape index (κ3) is 2.37. The monoisotopic (exact) mass is 298 g/mol. The van der Waals surface area contributed by atoms with Crippen molar-refractivity contribution in [1.29, 1.82) is 0 Å². The summed E-state index contributed by atoms with van der Waals surface area (Å²) in [6.07, 6.45) is 0. The van der Waals surface area contributed by atoms with E-state index in [1.54, 1.807) is 18.2 Å². The quantitative estimate of drug-likeness (QED) is 0.810. The molecule has 0 aliphatic rings. The van der Waals surface area contributed by atoms with Gasteiger partial charge in [-0.15, -0.1) is 0 Å². The minimum absolute atomic E-state index is 0.389. The van der Waals surface area contributed by atoms with Crippen molar-refractivity contribution in [2.24, 2.45) is 0 Å². The summed E-state index contributed by atoms with van der Waals surface area (Å²) >= 11 is 4.57. The number of halogens is 2. The Kier molecular flexibility index (Phi) is 3.24. The molecule has 60 valence electrons. The van der Waals surface area contributed by atoms with Crippen molar-refractivity contribution in [3.05, 3.63) is 27.1 Å². The molecule has 0 saturated heterocycles. The molecule has 0 bridgehead atoms. The van der Waals surface area contributed by atoms with Crippen LogP contribution in [-0.2, 0) is 11.1 Å². The van der Waals surface area contributed by atoms with Gasteiger partial charge in [-0.2, -0.15) is 0 Å². The van der Waals surface area contributed by atoms with Gasteiger partial charge in [-0.3, -0.25) is 0 Å². The van der Waals surface area contributed by atoms with E-state index in [-0.39, 0.29) is 0 Å². The van der Waals surface area contributed by atoms with Gasteiger partial charge in [-0.1, -0.05) is 0 Å². The van der Waals surface area contributed by atoms with Crippen LogP contribution in [0.3, 0.4) is 0 Å². The molecular formula is C6H4Br2O2S. The third-order valence-electron chi connectivity index (χ3n) is 1.09. The van der Waals surface area contributed by atoms with E-state index in [1.807, 2.05) is 0 Å². The fourth-order valence-corrected chi connectivity index (χ4v) is 1.77. The van der Waals surface area contributed by atoms with Crippen LogP contribution in [0.1, 0.15) is 0 Å². The normalized spacial score (nSPS) is 13.0. The van der Waals surface area contributed by atoms with Crippen molar-refractivity contribution >= 4 is 42.9 Å². The van der Waals surface area contributed by atoms with Crippen LogP contribution in [0.15, 0.2) is 32.0 Å². The highest BCUT2D eigenvalue weighted by Gasteiger charge is 2.01. The summed E-state index contributed by atoms with van der Waals surface area (Å²) in [5.74, 6) is 0. The van der Waals surface area contributed by atoms with E-state index >= 15 is 0 Å². The second-order valence-corrected chi connectivity index (χ2v) is 4.50. The molecule has 0 saturated carbocycles. The van der Waals surface area contributed by atoms with E-state index in [1.165, 1.54) is 0 Å². The lowest BCUT2D eigenvalue weighted by Gasteiger charge is -1.97. The Morgan fingerprint density at radius 3 is 2.36 bits per heavy atom. The van der Waals surface area contributed by atoms with Gasteiger partial charge in [-0.05, 0) is 50.1 Å². The molecule has 1 unspecified atom stereocenters. The fraction of sp³-hybridized carbons (Fsp3) is 0. The highest BCUT2D eigenvalue weighted by Crippen LogP contribution is 2.24. The Morgan fingerprint density at radius 1 is 1.27 bits per heavy atom. The molecule has 5 heteroatoms. The molecule has 1 aromatic carbocycles. The van der Waals surface area contributed by atoms with Crippen LogP contribution in [0.25, 0.3) is 0 Å². The lowest BCUT2D eigenvalue weighted by molar-refractivity contribution is 0.564. The first kappa shape index (κ1) is 9.38. The van der Waals surface area contributed by atoms with Gasteiger partial charge in [0.25, 0.3) is 0 Å². The molecular weight excluding hydrogens is 296 g/mol. The number of benzene rings is 1. The first-order valence-electron chi connectivity index (χ1n) is 2.67. The van der Waals surface area contributed by atoms with Crippen LogP contribution in [0.4, 0.5) is 0 Å². The largest absolute Gasteiger partial charge is 0.302 e. The summed E-state index contributed by atoms with van der Waals surface area (Å²) in [5, 5.41) is 0. The molecule has 1 aromatic rings. The van der Waals surface area contributed by atoms with Crippen LogP contribution in [0.5, 0.6) is 0 Å². The zero-order valence-electron chi connectivity index (χ0n) is 5.25. The van der Waals surface area contributed by atoms with Gasteiger partial charge in [0, 0.05) is 8.95 Å². The first-order valence-corrected chi connectivity index (χ1v) is 5.36. The highest BCUT2D eigenvalue weighted by molar-refractivity contribution is 9.13. The highest BCUT2D eigenvalue weighted by atomic mass is 79.9. The predicted molar refractivity (Wildman–Crippen MR) is 50.9 cm³/mol. The molecule has 1 atom stereocenters. The number of rotatable bonds is 1. The van der Waals surface area contributed by atoms with E-state index in [0.29, 0.717) is 4.90 Å². The van der Waals surface area contributed by atoms with Gasteiger partial charge in [0.05, 0.1) is 4.90 Å². The summed E-state index contributed by atoms with van der Waals surface area (Å²) in [7, 11) is 0. The first-order chi connectivity index (χ1) is 5.11. The average Bonchev–Trinajstić information content (AvgIpc) is 1.94. The Bertz CT molecular complexity index is 301. The standard InChI is InChI=1S/C6H4Br2O2S/c7-5-2-1-4(11(9)10)3-6(5)8/h1-3H,(H,9,10). The van der Waals surface area contributed by atoms with Crippen LogP contribution < -0.4 is 0 Å². The van der Waals surface area contributed by atoms with E-state index in [4.69, 9.17) is 4.55 Å². The van der Waals surface area contributed by atoms with Crippen molar-refractivity contribution in [2.45, 2.75) is 4.90 Å². The number of hydrogen-bond donors (Lipinski definition) is 1. The van der Waals surface area contributed by atoms with Gasteiger partial charge in [0.2, 0.25) is 0 Å². The summed E-state index contributed by atoms with van der Waals surface area (Å²) in [6.45, 7) is 0. The molecule has 11 heavy (non-hydrogen) atoms. The Hall–Kier alpha value is 0.290. The predicted octanol–water partition coefficient (Wildman–Crippen LogP) is 2.79. The Labute approximate surface area is 83.5 Å². The van der Waals surface area contributed by atoms with Crippen molar-refractivity contribution in [3.8, 4) is 0 Å². The molecule has 0 aromatic heterocycles. The van der Waals surface area contributed by atoms with Crippen molar-refractivity contribution in [2.75, 3.05) is 0 Å². The summed E-state index contributed by atoms with van der Waals surface area (Å²) in [6, 6.07) is 4.90. The average molecular weight is 300 g/mol. The molecule has 0 heterocycles. The summed E-state index contributed by atoms with van der Waals surface area (Å²) in [5.41, 5.74) is 0. The van der Waals surface area contributed by atoms with E-state index in [9.17, 15) is 4.21 Å². The SMILES string of the molecule is O=S(O)c1ccc(Br)c(Br)c1. The molecule has 0 amide bonds. The molecule has 0 spiro atoms. The lowest BCUT2D eigenvalue weighted by atomic mass is 10.4. The van der Waals surface area contributed by atoms with Crippen molar-refractivity contribution < 1.29 is 8.76 Å². The van der Waals surface area contributed by atoms with Gasteiger partial charge in [0.1, 0.15) is 0 Å². The molecule has 0 aliphatic carbocycles. The van der Waals surface area contributed by atoms with Gasteiger partial charge >= 0.3 is 0 Å². The van der Waals surface area contributed by atoms with Crippen LogP contribution in [0, 0.1) is 0 Å². The molecule has 2 nitrogen and oxygen atoms in total. The fourth-order valence-electron chi connectivity index (χ4n) is 0.585.